The molecule has 0 heterocycles. The van der Waals surface area contributed by atoms with Crippen LogP contribution in [-0.4, -0.2) is 25.2 Å². The van der Waals surface area contributed by atoms with Gasteiger partial charge in [-0.1, -0.05) is 31.9 Å². The lowest BCUT2D eigenvalue weighted by atomic mass is 10.1. The molecule has 6 heteroatoms. The Morgan fingerprint density at radius 2 is 1.27 bits per heavy atom. The van der Waals surface area contributed by atoms with Crippen LogP contribution in [0.2, 0.25) is 0 Å². The molecule has 0 saturated carbocycles. The van der Waals surface area contributed by atoms with Crippen molar-refractivity contribution in [3.8, 4) is 0 Å². The molecule has 0 aromatic heterocycles. The number of ether oxygens (including phenoxy) is 2. The summed E-state index contributed by atoms with van der Waals surface area (Å²) in [6.07, 6.45) is 6.05. The number of benzene rings is 1. The van der Waals surface area contributed by atoms with E-state index in [0.29, 0.717) is 13.2 Å². The molecule has 1 aromatic carbocycles. The third-order valence-corrected chi connectivity index (χ3v) is 3.86. The number of hydrogen-bond acceptors (Lipinski definition) is 4. The second-order valence-electron chi connectivity index (χ2n) is 4.07. The molecule has 0 bridgehead atoms. The van der Waals surface area contributed by atoms with E-state index in [-0.39, 0.29) is 0 Å². The fraction of sp³-hybridized carbons (Fsp3) is 0.250. The second kappa shape index (κ2) is 9.58. The normalized spacial score (nSPS) is 11.1. The highest BCUT2D eigenvalue weighted by Gasteiger charge is 2.05. The first kappa shape index (κ1) is 18.6. The van der Waals surface area contributed by atoms with Crippen molar-refractivity contribution in [1.82, 2.24) is 0 Å². The van der Waals surface area contributed by atoms with Crippen molar-refractivity contribution in [2.75, 3.05) is 13.2 Å². The van der Waals surface area contributed by atoms with E-state index < -0.39 is 11.9 Å². The van der Waals surface area contributed by atoms with Crippen LogP contribution in [0, 0.1) is 0 Å². The average molecular weight is 432 g/mol. The highest BCUT2D eigenvalue weighted by molar-refractivity contribution is 9.11. The molecule has 0 unspecified atom stereocenters. The van der Waals surface area contributed by atoms with E-state index in [2.05, 4.69) is 31.9 Å². The molecule has 22 heavy (non-hydrogen) atoms. The van der Waals surface area contributed by atoms with Crippen LogP contribution in [0.3, 0.4) is 0 Å². The highest BCUT2D eigenvalue weighted by atomic mass is 79.9. The van der Waals surface area contributed by atoms with Crippen molar-refractivity contribution < 1.29 is 19.1 Å². The number of carbonyl (C=O) groups excluding carboxylic acids is 2. The molecule has 0 aliphatic carbocycles. The van der Waals surface area contributed by atoms with Gasteiger partial charge in [-0.25, -0.2) is 9.59 Å². The molecule has 0 fully saturated rings. The fourth-order valence-corrected chi connectivity index (χ4v) is 2.52. The van der Waals surface area contributed by atoms with Gasteiger partial charge >= 0.3 is 11.9 Å². The van der Waals surface area contributed by atoms with Crippen LogP contribution >= 0.6 is 31.9 Å². The first-order valence-electron chi connectivity index (χ1n) is 6.66. The monoisotopic (exact) mass is 430 g/mol. The van der Waals surface area contributed by atoms with E-state index >= 15 is 0 Å². The second-order valence-corrected chi connectivity index (χ2v) is 5.77. The van der Waals surface area contributed by atoms with E-state index in [1.807, 2.05) is 12.1 Å². The smallest absolute Gasteiger partial charge is 0.330 e. The van der Waals surface area contributed by atoms with Crippen molar-refractivity contribution in [3.05, 3.63) is 44.4 Å². The minimum atomic E-state index is -0.392. The molecule has 0 spiro atoms. The largest absolute Gasteiger partial charge is 0.463 e. The predicted molar refractivity (Wildman–Crippen MR) is 93.2 cm³/mol. The number of esters is 2. The van der Waals surface area contributed by atoms with Gasteiger partial charge in [0.05, 0.1) is 13.2 Å². The maximum absolute atomic E-state index is 11.3. The van der Waals surface area contributed by atoms with E-state index in [9.17, 15) is 9.59 Å². The maximum atomic E-state index is 11.3. The van der Waals surface area contributed by atoms with E-state index in [1.54, 1.807) is 26.0 Å². The summed E-state index contributed by atoms with van der Waals surface area (Å²) in [5.41, 5.74) is 1.63. The summed E-state index contributed by atoms with van der Waals surface area (Å²) < 4.78 is 11.2. The number of hydrogen-bond donors (Lipinski definition) is 0. The molecule has 0 aliphatic heterocycles. The number of carbonyl (C=O) groups is 2. The Bertz CT molecular complexity index is 553. The lowest BCUT2D eigenvalue weighted by Crippen LogP contribution is -1.99. The van der Waals surface area contributed by atoms with Gasteiger partial charge in [-0.3, -0.25) is 0 Å². The van der Waals surface area contributed by atoms with Crippen LogP contribution < -0.4 is 0 Å². The van der Waals surface area contributed by atoms with Crippen molar-refractivity contribution in [1.29, 1.82) is 0 Å². The summed E-state index contributed by atoms with van der Waals surface area (Å²) in [5, 5.41) is 0. The Balaban J connectivity index is 2.92. The van der Waals surface area contributed by atoms with Gasteiger partial charge in [0.15, 0.2) is 0 Å². The zero-order valence-corrected chi connectivity index (χ0v) is 15.4. The van der Waals surface area contributed by atoms with Gasteiger partial charge in [-0.15, -0.1) is 0 Å². The van der Waals surface area contributed by atoms with Gasteiger partial charge in [-0.2, -0.15) is 0 Å². The quantitative estimate of drug-likeness (QED) is 0.495. The topological polar surface area (TPSA) is 52.6 Å². The molecule has 4 nitrogen and oxygen atoms in total. The third-order valence-electron chi connectivity index (χ3n) is 2.49. The first-order valence-corrected chi connectivity index (χ1v) is 8.25. The molecule has 0 aliphatic rings. The van der Waals surface area contributed by atoms with Crippen LogP contribution in [0.1, 0.15) is 25.0 Å². The van der Waals surface area contributed by atoms with Crippen molar-refractivity contribution in [3.63, 3.8) is 0 Å². The van der Waals surface area contributed by atoms with Crippen molar-refractivity contribution in [2.45, 2.75) is 13.8 Å². The molecule has 0 N–H and O–H groups in total. The van der Waals surface area contributed by atoms with Gasteiger partial charge in [0.25, 0.3) is 0 Å². The number of halogens is 2. The maximum Gasteiger partial charge on any atom is 0.330 e. The molecule has 0 amide bonds. The molecule has 0 radical (unpaired) electrons. The van der Waals surface area contributed by atoms with Crippen molar-refractivity contribution >= 4 is 56.0 Å². The molecule has 118 valence electrons. The first-order chi connectivity index (χ1) is 10.5. The van der Waals surface area contributed by atoms with Gasteiger partial charge in [0, 0.05) is 21.1 Å². The van der Waals surface area contributed by atoms with Crippen LogP contribution in [0.4, 0.5) is 0 Å². The van der Waals surface area contributed by atoms with Crippen LogP contribution in [-0.2, 0) is 19.1 Å². The van der Waals surface area contributed by atoms with Gasteiger partial charge in [0.2, 0.25) is 0 Å². The Labute approximate surface area is 146 Å². The standard InChI is InChI=1S/C16H16Br2O4/c1-3-21-15(19)7-5-11-9-14(18)12(10-13(11)17)6-8-16(20)22-4-2/h5-10H,3-4H2,1-2H3. The zero-order valence-electron chi connectivity index (χ0n) is 12.3. The van der Waals surface area contributed by atoms with E-state index in [4.69, 9.17) is 9.47 Å². The van der Waals surface area contributed by atoms with Crippen LogP contribution in [0.15, 0.2) is 33.2 Å². The number of rotatable bonds is 6. The summed E-state index contributed by atoms with van der Waals surface area (Å²) in [5.74, 6) is -0.784. The van der Waals surface area contributed by atoms with Gasteiger partial charge in [-0.05, 0) is 49.3 Å². The molecule has 0 saturated heterocycles. The van der Waals surface area contributed by atoms with Crippen LogP contribution in [0.25, 0.3) is 12.2 Å². The minimum absolute atomic E-state index is 0.339. The van der Waals surface area contributed by atoms with Gasteiger partial charge < -0.3 is 9.47 Å². The van der Waals surface area contributed by atoms with Crippen LogP contribution in [0.5, 0.6) is 0 Å². The lowest BCUT2D eigenvalue weighted by molar-refractivity contribution is -0.138. The average Bonchev–Trinajstić information content (AvgIpc) is 2.47. The van der Waals surface area contributed by atoms with Gasteiger partial charge in [0.1, 0.15) is 0 Å². The van der Waals surface area contributed by atoms with E-state index in [1.165, 1.54) is 12.2 Å². The SMILES string of the molecule is CCOC(=O)C=Cc1cc(Br)c(C=CC(=O)OCC)cc1Br. The molecular formula is C16H16Br2O4. The van der Waals surface area contributed by atoms with E-state index in [0.717, 1.165) is 20.1 Å². The van der Waals surface area contributed by atoms with Crippen molar-refractivity contribution in [2.24, 2.45) is 0 Å². The lowest BCUT2D eigenvalue weighted by Gasteiger charge is -2.05. The minimum Gasteiger partial charge on any atom is -0.463 e. The Morgan fingerprint density at radius 1 is 0.909 bits per heavy atom. The summed E-state index contributed by atoms with van der Waals surface area (Å²) in [4.78, 5) is 22.6. The Hall–Kier alpha value is -1.40. The Kier molecular flexibility index (Phi) is 8.12. The summed E-state index contributed by atoms with van der Waals surface area (Å²) in [7, 11) is 0. The highest BCUT2D eigenvalue weighted by Crippen LogP contribution is 2.28. The molecule has 1 aromatic rings. The Morgan fingerprint density at radius 3 is 1.59 bits per heavy atom. The third kappa shape index (κ3) is 6.15. The fourth-order valence-electron chi connectivity index (χ4n) is 1.53. The molecular weight excluding hydrogens is 416 g/mol. The summed E-state index contributed by atoms with van der Waals surface area (Å²) >= 11 is 6.87. The molecule has 1 rings (SSSR count). The summed E-state index contributed by atoms with van der Waals surface area (Å²) in [6, 6.07) is 3.68. The predicted octanol–water partition coefficient (Wildman–Crippen LogP) is 4.36. The summed E-state index contributed by atoms with van der Waals surface area (Å²) in [6.45, 7) is 4.18. The zero-order chi connectivity index (χ0) is 16.5. The molecule has 0 atom stereocenters.